The van der Waals surface area contributed by atoms with E-state index in [2.05, 4.69) is 20.9 Å². The number of nitrogens with zero attached hydrogens (tertiary/aromatic N) is 4. The van der Waals surface area contributed by atoms with Crippen molar-refractivity contribution in [2.24, 2.45) is 10.1 Å². The Morgan fingerprint density at radius 2 is 1.81 bits per heavy atom. The van der Waals surface area contributed by atoms with Gasteiger partial charge in [-0.05, 0) is 53.1 Å². The monoisotopic (exact) mass is 638 g/mol. The molecule has 0 unspecified atom stereocenters. The summed E-state index contributed by atoms with van der Waals surface area (Å²) in [5, 5.41) is 12.9. The first-order valence-electron chi connectivity index (χ1n) is 14.9. The second-order valence-corrected chi connectivity index (χ2v) is 10.6. The SMILES string of the molecule is [N-]=[N+]=Nc1ccccc1[C@@H]1OC(c2ccc(OCCCO)cc2)=N[C@]1(C/C=C/c1ccccc1)C(=O)NNCc1ccc(F)c(F)c1. The number of carbonyl (C=O) groups excluding carboxylic acids is 1. The number of hydrogen-bond acceptors (Lipinski definition) is 7. The highest BCUT2D eigenvalue weighted by molar-refractivity contribution is 6.01. The fraction of sp³-hybridized carbons (Fsp3) is 0.200. The number of hydrogen-bond donors (Lipinski definition) is 3. The molecule has 4 aromatic rings. The van der Waals surface area contributed by atoms with Crippen LogP contribution in [-0.2, 0) is 16.1 Å². The van der Waals surface area contributed by atoms with Gasteiger partial charge in [0.25, 0.3) is 5.91 Å². The van der Waals surface area contributed by atoms with E-state index < -0.39 is 29.2 Å². The van der Waals surface area contributed by atoms with Gasteiger partial charge in [0.05, 0.1) is 6.61 Å². The molecular formula is C35H32F2N6O4. The number of halogens is 2. The van der Waals surface area contributed by atoms with Crippen LogP contribution in [0.3, 0.4) is 0 Å². The lowest BCUT2D eigenvalue weighted by Crippen LogP contribution is -2.52. The molecule has 2 atom stereocenters. The summed E-state index contributed by atoms with van der Waals surface area (Å²) in [5.41, 5.74) is 15.8. The van der Waals surface area contributed by atoms with Gasteiger partial charge in [0.15, 0.2) is 23.3 Å². The van der Waals surface area contributed by atoms with Crippen LogP contribution >= 0.6 is 0 Å². The third-order valence-corrected chi connectivity index (χ3v) is 7.42. The molecule has 1 heterocycles. The Morgan fingerprint density at radius 3 is 2.55 bits per heavy atom. The zero-order valence-electron chi connectivity index (χ0n) is 25.2. The summed E-state index contributed by atoms with van der Waals surface area (Å²) >= 11 is 0. The molecule has 12 heteroatoms. The molecule has 4 aromatic carbocycles. The van der Waals surface area contributed by atoms with E-state index >= 15 is 0 Å². The first-order valence-corrected chi connectivity index (χ1v) is 14.9. The van der Waals surface area contributed by atoms with Crippen molar-refractivity contribution in [3.8, 4) is 5.75 Å². The van der Waals surface area contributed by atoms with Crippen molar-refractivity contribution < 1.29 is 28.2 Å². The molecule has 0 radical (unpaired) electrons. The van der Waals surface area contributed by atoms with Crippen LogP contribution in [0.15, 0.2) is 113 Å². The van der Waals surface area contributed by atoms with Crippen LogP contribution in [0, 0.1) is 11.6 Å². The van der Waals surface area contributed by atoms with Crippen LogP contribution in [0.1, 0.15) is 41.2 Å². The molecule has 1 aliphatic heterocycles. The molecular weight excluding hydrogens is 606 g/mol. The maximum atomic E-state index is 14.3. The summed E-state index contributed by atoms with van der Waals surface area (Å²) in [6, 6.07) is 26.8. The molecule has 0 aromatic heterocycles. The standard InChI is InChI=1S/C35H32F2N6O4/c36-29-18-13-25(22-30(29)37)23-39-42-34(45)35(19-6-10-24-8-2-1-3-9-24)32(28-11-4-5-12-31(28)41-43-38)47-33(40-35)26-14-16-27(17-15-26)46-21-7-20-44/h1-6,8-18,22,32,39,44H,7,19-21,23H2,(H,42,45)/b10-6+/t32-,35-/m0/s1. The molecule has 240 valence electrons. The third kappa shape index (κ3) is 8.00. The number of amides is 1. The van der Waals surface area contributed by atoms with E-state index in [1.54, 1.807) is 48.5 Å². The summed E-state index contributed by atoms with van der Waals surface area (Å²) in [7, 11) is 0. The van der Waals surface area contributed by atoms with E-state index in [4.69, 9.17) is 19.6 Å². The third-order valence-electron chi connectivity index (χ3n) is 7.42. The average Bonchev–Trinajstić information content (AvgIpc) is 3.48. The van der Waals surface area contributed by atoms with E-state index in [1.807, 2.05) is 42.5 Å². The Labute approximate surface area is 270 Å². The topological polar surface area (TPSA) is 141 Å². The number of aliphatic hydroxyl groups excluding tert-OH is 1. The molecule has 47 heavy (non-hydrogen) atoms. The summed E-state index contributed by atoms with van der Waals surface area (Å²) in [6.45, 7) is 0.355. The van der Waals surface area contributed by atoms with Crippen LogP contribution in [-0.4, -0.2) is 35.7 Å². The molecule has 0 fully saturated rings. The summed E-state index contributed by atoms with van der Waals surface area (Å²) < 4.78 is 39.4. The molecule has 0 aliphatic carbocycles. The molecule has 0 bridgehead atoms. The number of aliphatic imine (C=N–C) groups is 1. The maximum absolute atomic E-state index is 14.3. The van der Waals surface area contributed by atoms with Crippen molar-refractivity contribution in [3.63, 3.8) is 0 Å². The molecule has 5 rings (SSSR count). The van der Waals surface area contributed by atoms with Gasteiger partial charge in [-0.3, -0.25) is 10.2 Å². The quantitative estimate of drug-likeness (QED) is 0.0456. The largest absolute Gasteiger partial charge is 0.494 e. The average molecular weight is 639 g/mol. The predicted molar refractivity (Wildman–Crippen MR) is 173 cm³/mol. The van der Waals surface area contributed by atoms with E-state index in [9.17, 15) is 19.1 Å². The number of ether oxygens (including phenoxy) is 2. The highest BCUT2D eigenvalue weighted by Crippen LogP contribution is 2.45. The number of rotatable bonds is 14. The number of carbonyl (C=O) groups is 1. The van der Waals surface area contributed by atoms with Crippen LogP contribution in [0.4, 0.5) is 14.5 Å². The Morgan fingerprint density at radius 1 is 1.04 bits per heavy atom. The normalized spacial score (nSPS) is 17.1. The Balaban J connectivity index is 1.53. The number of benzene rings is 4. The van der Waals surface area contributed by atoms with Crippen molar-refractivity contribution in [3.05, 3.63) is 147 Å². The smallest absolute Gasteiger partial charge is 0.266 e. The van der Waals surface area contributed by atoms with Gasteiger partial charge in [-0.25, -0.2) is 19.2 Å². The fourth-order valence-corrected chi connectivity index (χ4v) is 5.06. The summed E-state index contributed by atoms with van der Waals surface area (Å²) in [5.74, 6) is -1.79. The minimum Gasteiger partial charge on any atom is -0.494 e. The lowest BCUT2D eigenvalue weighted by Gasteiger charge is -2.30. The molecule has 0 saturated heterocycles. The molecule has 0 spiro atoms. The maximum Gasteiger partial charge on any atom is 0.266 e. The Bertz CT molecular complexity index is 1800. The number of hydrazine groups is 1. The van der Waals surface area contributed by atoms with Crippen LogP contribution in [0.25, 0.3) is 16.5 Å². The Hall–Kier alpha value is -5.55. The van der Waals surface area contributed by atoms with E-state index in [0.717, 1.165) is 17.7 Å². The van der Waals surface area contributed by atoms with Gasteiger partial charge in [0.2, 0.25) is 5.90 Å². The van der Waals surface area contributed by atoms with Gasteiger partial charge in [0, 0.05) is 47.7 Å². The second kappa shape index (κ2) is 15.6. The number of nitrogens with one attached hydrogen (secondary N) is 2. The number of aliphatic hydroxyl groups is 1. The van der Waals surface area contributed by atoms with Gasteiger partial charge in [-0.2, -0.15) is 0 Å². The van der Waals surface area contributed by atoms with Gasteiger partial charge in [0.1, 0.15) is 5.75 Å². The van der Waals surface area contributed by atoms with Crippen molar-refractivity contribution in [2.45, 2.75) is 31.0 Å². The first-order chi connectivity index (χ1) is 22.9. The summed E-state index contributed by atoms with van der Waals surface area (Å²) in [4.78, 5) is 22.2. The van der Waals surface area contributed by atoms with Crippen LogP contribution in [0.5, 0.6) is 5.75 Å². The molecule has 10 nitrogen and oxygen atoms in total. The minimum atomic E-state index is -1.61. The molecule has 1 aliphatic rings. The lowest BCUT2D eigenvalue weighted by molar-refractivity contribution is -0.129. The highest BCUT2D eigenvalue weighted by atomic mass is 19.2. The van der Waals surface area contributed by atoms with E-state index in [1.165, 1.54) is 6.07 Å². The molecule has 3 N–H and O–H groups in total. The Kier molecular flexibility index (Phi) is 10.9. The molecule has 0 saturated carbocycles. The van der Waals surface area contributed by atoms with Crippen LogP contribution in [0.2, 0.25) is 0 Å². The van der Waals surface area contributed by atoms with Crippen molar-refractivity contribution >= 4 is 23.6 Å². The zero-order valence-corrected chi connectivity index (χ0v) is 25.2. The van der Waals surface area contributed by atoms with Gasteiger partial charge in [-0.1, -0.05) is 77.9 Å². The van der Waals surface area contributed by atoms with Gasteiger partial charge < -0.3 is 14.6 Å². The van der Waals surface area contributed by atoms with Gasteiger partial charge >= 0.3 is 0 Å². The summed E-state index contributed by atoms with van der Waals surface area (Å²) in [6.07, 6.45) is 3.21. The zero-order chi connectivity index (χ0) is 33.1. The fourth-order valence-electron chi connectivity index (χ4n) is 5.06. The highest BCUT2D eigenvalue weighted by Gasteiger charge is 2.53. The van der Waals surface area contributed by atoms with E-state index in [0.29, 0.717) is 35.5 Å². The first kappa shape index (κ1) is 32.8. The van der Waals surface area contributed by atoms with Gasteiger partial charge in [-0.15, -0.1) is 0 Å². The molecule has 1 amide bonds. The van der Waals surface area contributed by atoms with Crippen LogP contribution < -0.4 is 15.6 Å². The minimum absolute atomic E-state index is 0.00593. The van der Waals surface area contributed by atoms with Crippen molar-refractivity contribution in [2.75, 3.05) is 13.2 Å². The lowest BCUT2D eigenvalue weighted by atomic mass is 9.83. The van der Waals surface area contributed by atoms with E-state index in [-0.39, 0.29) is 31.2 Å². The second-order valence-electron chi connectivity index (χ2n) is 10.6. The van der Waals surface area contributed by atoms with Crippen molar-refractivity contribution in [1.29, 1.82) is 0 Å². The predicted octanol–water partition coefficient (Wildman–Crippen LogP) is 6.85. The number of azide groups is 1. The van der Waals surface area contributed by atoms with Crippen molar-refractivity contribution in [1.82, 2.24) is 10.9 Å².